The summed E-state index contributed by atoms with van der Waals surface area (Å²) in [4.78, 5) is 10.7. The Hall–Kier alpha value is -0.850. The molecule has 76 valence electrons. The van der Waals surface area contributed by atoms with Gasteiger partial charge in [-0.25, -0.2) is 13.6 Å². The van der Waals surface area contributed by atoms with Gasteiger partial charge in [0.2, 0.25) is 10.0 Å². The molecule has 1 aromatic carbocycles. The molecule has 0 radical (unpaired) electrons. The molecule has 0 saturated heterocycles. The molecular formula is C8H9NO3S2. The van der Waals surface area contributed by atoms with Crippen LogP contribution in [0.15, 0.2) is 29.2 Å². The second-order valence-corrected chi connectivity index (χ2v) is 4.82. The average Bonchev–Trinajstić information content (AvgIpc) is 2.02. The van der Waals surface area contributed by atoms with Gasteiger partial charge in [-0.1, -0.05) is 12.1 Å². The van der Waals surface area contributed by atoms with Gasteiger partial charge in [0.05, 0.1) is 4.90 Å². The van der Waals surface area contributed by atoms with Crippen molar-refractivity contribution in [1.29, 1.82) is 0 Å². The van der Waals surface area contributed by atoms with Crippen LogP contribution in [0.25, 0.3) is 0 Å². The first-order chi connectivity index (χ1) is 6.39. The van der Waals surface area contributed by atoms with E-state index in [1.165, 1.54) is 24.3 Å². The van der Waals surface area contributed by atoms with E-state index in [9.17, 15) is 13.2 Å². The van der Waals surface area contributed by atoms with Crippen LogP contribution in [0.5, 0.6) is 0 Å². The normalized spacial score (nSPS) is 11.3. The molecule has 0 spiro atoms. The highest BCUT2D eigenvalue weighted by Gasteiger charge is 2.07. The zero-order valence-electron chi connectivity index (χ0n) is 7.17. The van der Waals surface area contributed by atoms with Gasteiger partial charge in [-0.15, -0.1) is 12.6 Å². The third kappa shape index (κ3) is 3.13. The third-order valence-electron chi connectivity index (χ3n) is 1.61. The fourth-order valence-electron chi connectivity index (χ4n) is 0.972. The maximum absolute atomic E-state index is 10.9. The molecule has 0 bridgehead atoms. The summed E-state index contributed by atoms with van der Waals surface area (Å²) >= 11 is 3.61. The number of rotatable bonds is 3. The van der Waals surface area contributed by atoms with E-state index < -0.39 is 10.0 Å². The Bertz CT molecular complexity index is 436. The van der Waals surface area contributed by atoms with Gasteiger partial charge in [0.15, 0.2) is 5.12 Å². The van der Waals surface area contributed by atoms with Gasteiger partial charge in [-0.3, -0.25) is 4.79 Å². The van der Waals surface area contributed by atoms with Gasteiger partial charge >= 0.3 is 0 Å². The highest BCUT2D eigenvalue weighted by Crippen LogP contribution is 2.09. The molecule has 1 aromatic rings. The van der Waals surface area contributed by atoms with Gasteiger partial charge in [-0.05, 0) is 17.7 Å². The number of benzene rings is 1. The van der Waals surface area contributed by atoms with Crippen LogP contribution < -0.4 is 5.14 Å². The van der Waals surface area contributed by atoms with Crippen LogP contribution in [0.3, 0.4) is 0 Å². The molecule has 0 atom stereocenters. The van der Waals surface area contributed by atoms with E-state index in [1.54, 1.807) is 0 Å². The first-order valence-corrected chi connectivity index (χ1v) is 5.72. The highest BCUT2D eigenvalue weighted by atomic mass is 32.2. The molecule has 6 heteroatoms. The largest absolute Gasteiger partial charge is 0.287 e. The molecule has 0 heterocycles. The molecule has 14 heavy (non-hydrogen) atoms. The lowest BCUT2D eigenvalue weighted by atomic mass is 10.2. The number of thiol groups is 1. The average molecular weight is 231 g/mol. The third-order valence-corrected chi connectivity index (χ3v) is 2.69. The highest BCUT2D eigenvalue weighted by molar-refractivity contribution is 7.96. The summed E-state index contributed by atoms with van der Waals surface area (Å²) in [5, 5.41) is 4.63. The zero-order valence-corrected chi connectivity index (χ0v) is 8.88. The van der Waals surface area contributed by atoms with E-state index in [0.29, 0.717) is 5.56 Å². The van der Waals surface area contributed by atoms with E-state index in [1.807, 2.05) is 0 Å². The second kappa shape index (κ2) is 4.12. The standard InChI is InChI=1S/C8H9NO3S2/c9-14(11,12)7-3-1-6(2-4-7)5-8(10)13/h1-4H,5H2,(H,10,13)(H2,9,11,12). The monoisotopic (exact) mass is 231 g/mol. The van der Waals surface area contributed by atoms with E-state index in [0.717, 1.165) is 0 Å². The lowest BCUT2D eigenvalue weighted by Gasteiger charge is -1.99. The number of hydrogen-bond acceptors (Lipinski definition) is 3. The summed E-state index contributed by atoms with van der Waals surface area (Å²) in [6.07, 6.45) is 0.175. The Labute approximate surface area is 87.6 Å². The van der Waals surface area contributed by atoms with E-state index in [-0.39, 0.29) is 16.4 Å². The number of carbonyl (C=O) groups is 1. The minimum absolute atomic E-state index is 0.0351. The SMILES string of the molecule is NS(=O)(=O)c1ccc(CC(=O)S)cc1. The van der Waals surface area contributed by atoms with E-state index >= 15 is 0 Å². The van der Waals surface area contributed by atoms with Crippen LogP contribution in [0, 0.1) is 0 Å². The Morgan fingerprint density at radius 1 is 1.29 bits per heavy atom. The minimum atomic E-state index is -3.65. The van der Waals surface area contributed by atoms with Crippen molar-refractivity contribution in [3.05, 3.63) is 29.8 Å². The Kier molecular flexibility index (Phi) is 3.30. The van der Waals surface area contributed by atoms with Crippen LogP contribution in [-0.4, -0.2) is 13.5 Å². The number of sulfonamides is 1. The summed E-state index contributed by atoms with van der Waals surface area (Å²) in [7, 11) is -3.65. The van der Waals surface area contributed by atoms with Crippen LogP contribution in [0.4, 0.5) is 0 Å². The van der Waals surface area contributed by atoms with Crippen LogP contribution >= 0.6 is 12.6 Å². The first kappa shape index (κ1) is 11.2. The summed E-state index contributed by atoms with van der Waals surface area (Å²) < 4.78 is 21.7. The lowest BCUT2D eigenvalue weighted by molar-refractivity contribution is -0.110. The fourth-order valence-corrected chi connectivity index (χ4v) is 1.67. The molecule has 0 aliphatic heterocycles. The molecule has 0 unspecified atom stereocenters. The molecular weight excluding hydrogens is 222 g/mol. The minimum Gasteiger partial charge on any atom is -0.287 e. The Balaban J connectivity index is 2.95. The molecule has 2 N–H and O–H groups in total. The van der Waals surface area contributed by atoms with Crippen molar-refractivity contribution in [2.75, 3.05) is 0 Å². The topological polar surface area (TPSA) is 77.2 Å². The molecule has 4 nitrogen and oxygen atoms in total. The summed E-state index contributed by atoms with van der Waals surface area (Å²) in [5.74, 6) is 0. The van der Waals surface area contributed by atoms with E-state index in [2.05, 4.69) is 12.6 Å². The molecule has 0 aromatic heterocycles. The first-order valence-electron chi connectivity index (χ1n) is 3.73. The van der Waals surface area contributed by atoms with Crippen molar-refractivity contribution in [2.45, 2.75) is 11.3 Å². The zero-order chi connectivity index (χ0) is 10.8. The van der Waals surface area contributed by atoms with Crippen molar-refractivity contribution in [1.82, 2.24) is 0 Å². The molecule has 0 aliphatic carbocycles. The summed E-state index contributed by atoms with van der Waals surface area (Å²) in [5.41, 5.74) is 0.706. The predicted molar refractivity (Wildman–Crippen MR) is 55.5 cm³/mol. The lowest BCUT2D eigenvalue weighted by Crippen LogP contribution is -2.12. The van der Waals surface area contributed by atoms with E-state index in [4.69, 9.17) is 5.14 Å². The quantitative estimate of drug-likeness (QED) is 0.736. The smallest absolute Gasteiger partial charge is 0.238 e. The molecule has 0 fully saturated rings. The number of primary sulfonamides is 1. The van der Waals surface area contributed by atoms with Gasteiger partial charge in [0.25, 0.3) is 0 Å². The fraction of sp³-hybridized carbons (Fsp3) is 0.125. The van der Waals surface area contributed by atoms with Crippen LogP contribution in [0.2, 0.25) is 0 Å². The molecule has 0 amide bonds. The van der Waals surface area contributed by atoms with Gasteiger partial charge < -0.3 is 0 Å². The second-order valence-electron chi connectivity index (χ2n) is 2.76. The molecule has 0 saturated carbocycles. The number of carbonyl (C=O) groups excluding carboxylic acids is 1. The number of nitrogens with two attached hydrogens (primary N) is 1. The Morgan fingerprint density at radius 2 is 1.79 bits per heavy atom. The van der Waals surface area contributed by atoms with Crippen molar-refractivity contribution in [2.24, 2.45) is 5.14 Å². The van der Waals surface area contributed by atoms with Gasteiger partial charge in [0, 0.05) is 6.42 Å². The predicted octanol–water partition coefficient (Wildman–Crippen LogP) is 0.333. The summed E-state index contributed by atoms with van der Waals surface area (Å²) in [6.45, 7) is 0. The van der Waals surface area contributed by atoms with Gasteiger partial charge in [0.1, 0.15) is 0 Å². The Morgan fingerprint density at radius 3 is 2.14 bits per heavy atom. The molecule has 0 aliphatic rings. The van der Waals surface area contributed by atoms with Crippen molar-refractivity contribution >= 4 is 27.8 Å². The molecule has 1 rings (SSSR count). The van der Waals surface area contributed by atoms with Gasteiger partial charge in [-0.2, -0.15) is 0 Å². The van der Waals surface area contributed by atoms with Crippen molar-refractivity contribution < 1.29 is 13.2 Å². The van der Waals surface area contributed by atoms with Crippen LogP contribution in [-0.2, 0) is 21.2 Å². The summed E-state index contributed by atoms with van der Waals surface area (Å²) in [6, 6.07) is 5.80. The maximum Gasteiger partial charge on any atom is 0.238 e. The number of hydrogen-bond donors (Lipinski definition) is 2. The van der Waals surface area contributed by atoms with Crippen molar-refractivity contribution in [3.63, 3.8) is 0 Å². The van der Waals surface area contributed by atoms with Crippen molar-refractivity contribution in [3.8, 4) is 0 Å². The van der Waals surface area contributed by atoms with Crippen LogP contribution in [0.1, 0.15) is 5.56 Å². The maximum atomic E-state index is 10.9.